The van der Waals surface area contributed by atoms with Gasteiger partial charge < -0.3 is 14.6 Å². The molecule has 1 aliphatic heterocycles. The summed E-state index contributed by atoms with van der Waals surface area (Å²) in [6.45, 7) is 0.672. The number of benzene rings is 1. The SMILES string of the molecule is Cn1cnnc1Sc1ccc(NC(=O)C2CCCO2)cc1. The van der Waals surface area contributed by atoms with Crippen molar-refractivity contribution < 1.29 is 9.53 Å². The number of carbonyl (C=O) groups excluding carboxylic acids is 1. The average molecular weight is 304 g/mol. The van der Waals surface area contributed by atoms with Gasteiger partial charge in [-0.3, -0.25) is 4.79 Å². The van der Waals surface area contributed by atoms with Crippen molar-refractivity contribution in [2.45, 2.75) is 29.0 Å². The molecular formula is C14H16N4O2S. The Hall–Kier alpha value is -1.86. The Morgan fingerprint density at radius 2 is 2.24 bits per heavy atom. The number of hydrogen-bond donors (Lipinski definition) is 1. The molecule has 0 spiro atoms. The van der Waals surface area contributed by atoms with Crippen LogP contribution in [0, 0.1) is 0 Å². The smallest absolute Gasteiger partial charge is 0.253 e. The lowest BCUT2D eigenvalue weighted by atomic mass is 10.2. The minimum atomic E-state index is -0.308. The van der Waals surface area contributed by atoms with Crippen LogP contribution in [0.5, 0.6) is 0 Å². The van der Waals surface area contributed by atoms with Gasteiger partial charge in [0.05, 0.1) is 0 Å². The van der Waals surface area contributed by atoms with Crippen LogP contribution in [0.1, 0.15) is 12.8 Å². The van der Waals surface area contributed by atoms with Crippen LogP contribution >= 0.6 is 11.8 Å². The fourth-order valence-corrected chi connectivity index (χ4v) is 2.85. The summed E-state index contributed by atoms with van der Waals surface area (Å²) in [5, 5.41) is 11.6. The van der Waals surface area contributed by atoms with Crippen LogP contribution in [0.2, 0.25) is 0 Å². The Kier molecular flexibility index (Phi) is 4.21. The van der Waals surface area contributed by atoms with Gasteiger partial charge in [-0.05, 0) is 48.9 Å². The summed E-state index contributed by atoms with van der Waals surface area (Å²) in [4.78, 5) is 13.0. The zero-order chi connectivity index (χ0) is 14.7. The largest absolute Gasteiger partial charge is 0.368 e. The molecule has 21 heavy (non-hydrogen) atoms. The topological polar surface area (TPSA) is 69.0 Å². The van der Waals surface area contributed by atoms with E-state index in [1.165, 1.54) is 11.8 Å². The van der Waals surface area contributed by atoms with Crippen molar-refractivity contribution in [2.75, 3.05) is 11.9 Å². The Balaban J connectivity index is 1.61. The summed E-state index contributed by atoms with van der Waals surface area (Å²) in [5.74, 6) is -0.0683. The van der Waals surface area contributed by atoms with E-state index in [-0.39, 0.29) is 12.0 Å². The first kappa shape index (κ1) is 14.1. The van der Waals surface area contributed by atoms with Crippen LogP contribution < -0.4 is 5.32 Å². The third-order valence-corrected chi connectivity index (χ3v) is 4.28. The molecule has 0 aliphatic carbocycles. The number of aromatic nitrogens is 3. The van der Waals surface area contributed by atoms with E-state index in [1.807, 2.05) is 35.9 Å². The molecule has 1 amide bonds. The van der Waals surface area contributed by atoms with Crippen molar-refractivity contribution in [3.63, 3.8) is 0 Å². The van der Waals surface area contributed by atoms with Crippen LogP contribution in [0.4, 0.5) is 5.69 Å². The Morgan fingerprint density at radius 1 is 1.43 bits per heavy atom. The number of nitrogens with zero attached hydrogens (tertiary/aromatic N) is 3. The maximum Gasteiger partial charge on any atom is 0.253 e. The van der Waals surface area contributed by atoms with Gasteiger partial charge in [-0.2, -0.15) is 0 Å². The molecule has 6 nitrogen and oxygen atoms in total. The van der Waals surface area contributed by atoms with E-state index < -0.39 is 0 Å². The van der Waals surface area contributed by atoms with E-state index in [0.717, 1.165) is 28.6 Å². The maximum absolute atomic E-state index is 11.9. The number of ether oxygens (including phenoxy) is 1. The zero-order valence-corrected chi connectivity index (χ0v) is 12.5. The number of hydrogen-bond acceptors (Lipinski definition) is 5. The Bertz CT molecular complexity index is 620. The van der Waals surface area contributed by atoms with Gasteiger partial charge in [0.25, 0.3) is 5.91 Å². The summed E-state index contributed by atoms with van der Waals surface area (Å²) >= 11 is 1.53. The third kappa shape index (κ3) is 3.43. The second-order valence-electron chi connectivity index (χ2n) is 4.84. The molecule has 1 aliphatic rings. The lowest BCUT2D eigenvalue weighted by Crippen LogP contribution is -2.26. The number of aryl methyl sites for hydroxylation is 1. The fraction of sp³-hybridized carbons (Fsp3) is 0.357. The van der Waals surface area contributed by atoms with Crippen LogP contribution in [0.3, 0.4) is 0 Å². The van der Waals surface area contributed by atoms with Gasteiger partial charge in [-0.25, -0.2) is 0 Å². The van der Waals surface area contributed by atoms with Gasteiger partial charge in [-0.1, -0.05) is 0 Å². The van der Waals surface area contributed by atoms with E-state index in [2.05, 4.69) is 15.5 Å². The molecule has 3 rings (SSSR count). The highest BCUT2D eigenvalue weighted by molar-refractivity contribution is 7.99. The van der Waals surface area contributed by atoms with Gasteiger partial charge in [0.15, 0.2) is 5.16 Å². The number of rotatable bonds is 4. The first-order valence-electron chi connectivity index (χ1n) is 6.77. The summed E-state index contributed by atoms with van der Waals surface area (Å²) in [6.07, 6.45) is 3.10. The number of carbonyl (C=O) groups is 1. The van der Waals surface area contributed by atoms with Gasteiger partial charge in [0, 0.05) is 24.2 Å². The molecule has 1 aromatic carbocycles. The summed E-state index contributed by atoms with van der Waals surface area (Å²) in [5.41, 5.74) is 0.776. The second kappa shape index (κ2) is 6.28. The lowest BCUT2D eigenvalue weighted by molar-refractivity contribution is -0.124. The molecule has 1 aromatic heterocycles. The molecule has 110 valence electrons. The zero-order valence-electron chi connectivity index (χ0n) is 11.7. The number of amides is 1. The maximum atomic E-state index is 11.9. The molecule has 0 radical (unpaired) electrons. The molecule has 7 heteroatoms. The molecule has 1 N–H and O–H groups in total. The van der Waals surface area contributed by atoms with Crippen molar-refractivity contribution in [3.8, 4) is 0 Å². The van der Waals surface area contributed by atoms with E-state index in [1.54, 1.807) is 6.33 Å². The summed E-state index contributed by atoms with van der Waals surface area (Å²) < 4.78 is 7.22. The summed E-state index contributed by atoms with van der Waals surface area (Å²) in [7, 11) is 1.90. The van der Waals surface area contributed by atoms with E-state index in [0.29, 0.717) is 6.61 Å². The van der Waals surface area contributed by atoms with Crippen molar-refractivity contribution in [1.29, 1.82) is 0 Å². The lowest BCUT2D eigenvalue weighted by Gasteiger charge is -2.10. The quantitative estimate of drug-likeness (QED) is 0.936. The predicted molar refractivity (Wildman–Crippen MR) is 79.2 cm³/mol. The van der Waals surface area contributed by atoms with Gasteiger partial charge in [-0.15, -0.1) is 10.2 Å². The van der Waals surface area contributed by atoms with Crippen LogP contribution in [-0.4, -0.2) is 33.4 Å². The first-order valence-corrected chi connectivity index (χ1v) is 7.58. The molecule has 0 saturated carbocycles. The van der Waals surface area contributed by atoms with Gasteiger partial charge in [0.2, 0.25) is 0 Å². The van der Waals surface area contributed by atoms with Crippen molar-refractivity contribution in [2.24, 2.45) is 7.05 Å². The van der Waals surface area contributed by atoms with Crippen LogP contribution in [0.25, 0.3) is 0 Å². The fourth-order valence-electron chi connectivity index (χ4n) is 2.08. The van der Waals surface area contributed by atoms with Crippen LogP contribution in [0.15, 0.2) is 40.6 Å². The second-order valence-corrected chi connectivity index (χ2v) is 5.88. The molecule has 1 saturated heterocycles. The Morgan fingerprint density at radius 3 is 2.86 bits per heavy atom. The van der Waals surface area contributed by atoms with E-state index >= 15 is 0 Å². The Labute approximate surface area is 126 Å². The molecule has 2 heterocycles. The standard InChI is InChI=1S/C14H16N4O2S/c1-18-9-15-17-14(18)21-11-6-4-10(5-7-11)16-13(19)12-3-2-8-20-12/h4-7,9,12H,2-3,8H2,1H3,(H,16,19). The monoisotopic (exact) mass is 304 g/mol. The minimum Gasteiger partial charge on any atom is -0.368 e. The number of nitrogens with one attached hydrogen (secondary N) is 1. The van der Waals surface area contributed by atoms with Crippen molar-refractivity contribution in [3.05, 3.63) is 30.6 Å². The van der Waals surface area contributed by atoms with Gasteiger partial charge in [0.1, 0.15) is 12.4 Å². The predicted octanol–water partition coefficient (Wildman–Crippen LogP) is 2.08. The summed E-state index contributed by atoms with van der Waals surface area (Å²) in [6, 6.07) is 7.66. The minimum absolute atomic E-state index is 0.0683. The van der Waals surface area contributed by atoms with Gasteiger partial charge >= 0.3 is 0 Å². The average Bonchev–Trinajstić information content (AvgIpc) is 3.14. The van der Waals surface area contributed by atoms with Crippen LogP contribution in [-0.2, 0) is 16.6 Å². The third-order valence-electron chi connectivity index (χ3n) is 3.22. The van der Waals surface area contributed by atoms with E-state index in [9.17, 15) is 4.79 Å². The first-order chi connectivity index (χ1) is 10.2. The van der Waals surface area contributed by atoms with E-state index in [4.69, 9.17) is 4.74 Å². The van der Waals surface area contributed by atoms with Crippen molar-refractivity contribution >= 4 is 23.4 Å². The highest BCUT2D eigenvalue weighted by atomic mass is 32.2. The van der Waals surface area contributed by atoms with Crippen molar-refractivity contribution in [1.82, 2.24) is 14.8 Å². The highest BCUT2D eigenvalue weighted by Crippen LogP contribution is 2.26. The molecule has 1 fully saturated rings. The molecule has 2 aromatic rings. The highest BCUT2D eigenvalue weighted by Gasteiger charge is 2.23. The number of anilines is 1. The molecule has 1 atom stereocenters. The molecule has 1 unspecified atom stereocenters. The molecule has 0 bridgehead atoms. The normalized spacial score (nSPS) is 17.9. The molecular weight excluding hydrogens is 288 g/mol.